The molecule has 2 aromatic heterocycles. The van der Waals surface area contributed by atoms with E-state index in [1.165, 1.54) is 38.5 Å². The second-order valence-corrected chi connectivity index (χ2v) is 9.60. The van der Waals surface area contributed by atoms with E-state index in [1.54, 1.807) is 0 Å². The molecule has 3 heterocycles. The van der Waals surface area contributed by atoms with Crippen molar-refractivity contribution in [3.63, 3.8) is 0 Å². The lowest BCUT2D eigenvalue weighted by Crippen LogP contribution is -2.53. The van der Waals surface area contributed by atoms with Gasteiger partial charge in [-0.25, -0.2) is 9.36 Å². The summed E-state index contributed by atoms with van der Waals surface area (Å²) in [5.41, 5.74) is 3.35. The Balaban J connectivity index is 1.35. The largest absolute Gasteiger partial charge is 0.298 e. The Morgan fingerprint density at radius 1 is 0.966 bits per heavy atom. The van der Waals surface area contributed by atoms with E-state index in [-0.39, 0.29) is 11.6 Å². The van der Waals surface area contributed by atoms with Crippen molar-refractivity contribution in [2.75, 3.05) is 0 Å². The van der Waals surface area contributed by atoms with Crippen molar-refractivity contribution in [3.8, 4) is 5.69 Å². The second kappa shape index (κ2) is 5.72. The Labute approximate surface area is 168 Å². The highest BCUT2D eigenvalue weighted by Gasteiger charge is 2.53. The minimum absolute atomic E-state index is 0.0593. The van der Waals surface area contributed by atoms with Gasteiger partial charge in [0.1, 0.15) is 0 Å². The molecule has 4 bridgehead atoms. The fourth-order valence-corrected chi connectivity index (χ4v) is 7.09. The fourth-order valence-electron chi connectivity index (χ4n) is 7.09. The normalized spacial score (nSPS) is 34.6. The molecule has 8 nitrogen and oxygen atoms in total. The van der Waals surface area contributed by atoms with Gasteiger partial charge in [0.25, 0.3) is 0 Å². The van der Waals surface area contributed by atoms with E-state index in [4.69, 9.17) is 0 Å². The molecule has 148 valence electrons. The number of tetrazole rings is 1. The summed E-state index contributed by atoms with van der Waals surface area (Å²) in [4.78, 5) is 0. The van der Waals surface area contributed by atoms with Crippen LogP contribution >= 0.6 is 0 Å². The number of nitrogens with one attached hydrogen (secondary N) is 1. The maximum Gasteiger partial charge on any atom is 0.173 e. The molecule has 29 heavy (non-hydrogen) atoms. The van der Waals surface area contributed by atoms with Gasteiger partial charge in [0, 0.05) is 12.1 Å². The van der Waals surface area contributed by atoms with Gasteiger partial charge < -0.3 is 0 Å². The average Bonchev–Trinajstić information content (AvgIpc) is 3.35. The molecule has 3 aromatic rings. The Hall–Kier alpha value is -2.61. The molecular weight excluding hydrogens is 364 g/mol. The molecule has 1 aromatic carbocycles. The highest BCUT2D eigenvalue weighted by atomic mass is 15.6. The van der Waals surface area contributed by atoms with Crippen molar-refractivity contribution < 1.29 is 0 Å². The van der Waals surface area contributed by atoms with Gasteiger partial charge in [0.15, 0.2) is 5.82 Å². The lowest BCUT2D eigenvalue weighted by atomic mass is 9.53. The van der Waals surface area contributed by atoms with Gasteiger partial charge in [-0.2, -0.15) is 0 Å². The predicted octanol–water partition coefficient (Wildman–Crippen LogP) is 2.37. The van der Waals surface area contributed by atoms with E-state index in [0.717, 1.165) is 40.5 Å². The molecule has 4 saturated carbocycles. The van der Waals surface area contributed by atoms with Gasteiger partial charge in [-0.05, 0) is 72.8 Å². The van der Waals surface area contributed by atoms with Crippen molar-refractivity contribution in [1.82, 2.24) is 40.5 Å². The zero-order valence-electron chi connectivity index (χ0n) is 16.3. The van der Waals surface area contributed by atoms with Crippen LogP contribution in [0.1, 0.15) is 61.6 Å². The van der Waals surface area contributed by atoms with E-state index in [9.17, 15) is 0 Å². The number of benzene rings is 1. The molecule has 0 spiro atoms. The first-order valence-corrected chi connectivity index (χ1v) is 10.8. The SMILES string of the molecule is c1ccc2c(c1)C(c1nnnn1C13CC4CC(CC(C4)C1)C3)NCc1cnnn1-2. The highest BCUT2D eigenvalue weighted by Crippen LogP contribution is 2.59. The van der Waals surface area contributed by atoms with Crippen molar-refractivity contribution in [2.24, 2.45) is 17.8 Å². The number of rotatable bonds is 2. The van der Waals surface area contributed by atoms with Crippen LogP contribution in [0.4, 0.5) is 0 Å². The van der Waals surface area contributed by atoms with Crippen LogP contribution in [0.2, 0.25) is 0 Å². The summed E-state index contributed by atoms with van der Waals surface area (Å²) in [6.07, 6.45) is 9.76. The molecule has 4 fully saturated rings. The number of nitrogens with zero attached hydrogens (tertiary/aromatic N) is 7. The minimum atomic E-state index is -0.0593. The topological polar surface area (TPSA) is 86.3 Å². The number of aromatic nitrogens is 7. The van der Waals surface area contributed by atoms with Crippen LogP contribution in [0.25, 0.3) is 5.69 Å². The van der Waals surface area contributed by atoms with Gasteiger partial charge in [0.2, 0.25) is 0 Å². The zero-order valence-corrected chi connectivity index (χ0v) is 16.3. The molecule has 0 amide bonds. The van der Waals surface area contributed by atoms with Crippen LogP contribution in [-0.2, 0) is 12.1 Å². The van der Waals surface area contributed by atoms with Crippen molar-refractivity contribution in [3.05, 3.63) is 47.5 Å². The highest BCUT2D eigenvalue weighted by molar-refractivity contribution is 5.46. The third-order valence-corrected chi connectivity index (χ3v) is 7.79. The molecule has 8 rings (SSSR count). The standard InChI is InChI=1S/C21H24N8/c1-2-4-18-17(3-1)19(22-11-16-12-23-26-28(16)18)20-24-25-27-29(20)21-8-13-5-14(9-21)7-15(6-13)10-21/h1-4,12-15,19,22H,5-11H2. The van der Waals surface area contributed by atoms with E-state index < -0.39 is 0 Å². The van der Waals surface area contributed by atoms with Gasteiger partial charge in [-0.3, -0.25) is 5.32 Å². The molecule has 1 unspecified atom stereocenters. The van der Waals surface area contributed by atoms with Gasteiger partial charge in [-0.1, -0.05) is 23.4 Å². The third-order valence-electron chi connectivity index (χ3n) is 7.79. The number of hydrogen-bond donors (Lipinski definition) is 1. The Morgan fingerprint density at radius 3 is 2.52 bits per heavy atom. The van der Waals surface area contributed by atoms with Crippen molar-refractivity contribution >= 4 is 0 Å². The summed E-state index contributed by atoms with van der Waals surface area (Å²) in [5.74, 6) is 3.49. The molecule has 1 atom stereocenters. The van der Waals surface area contributed by atoms with Crippen LogP contribution in [0.5, 0.6) is 0 Å². The lowest BCUT2D eigenvalue weighted by molar-refractivity contribution is -0.0521. The Kier molecular flexibility index (Phi) is 3.20. The van der Waals surface area contributed by atoms with E-state index in [2.05, 4.69) is 60.1 Å². The first-order valence-electron chi connectivity index (χ1n) is 10.8. The number of hydrogen-bond acceptors (Lipinski definition) is 6. The van der Waals surface area contributed by atoms with Crippen LogP contribution < -0.4 is 5.32 Å². The number of fused-ring (bicyclic) bond motifs is 3. The van der Waals surface area contributed by atoms with Crippen molar-refractivity contribution in [1.29, 1.82) is 0 Å². The van der Waals surface area contributed by atoms with Crippen molar-refractivity contribution in [2.45, 2.75) is 56.7 Å². The summed E-state index contributed by atoms with van der Waals surface area (Å²) in [6, 6.07) is 8.33. The molecular formula is C21H24N8. The maximum absolute atomic E-state index is 4.60. The van der Waals surface area contributed by atoms with Crippen LogP contribution in [0.15, 0.2) is 30.5 Å². The van der Waals surface area contributed by atoms with Gasteiger partial charge in [0.05, 0.1) is 29.2 Å². The second-order valence-electron chi connectivity index (χ2n) is 9.60. The quantitative estimate of drug-likeness (QED) is 0.725. The fraction of sp³-hybridized carbons (Fsp3) is 0.571. The Bertz CT molecular complexity index is 1050. The van der Waals surface area contributed by atoms with Crippen LogP contribution in [0.3, 0.4) is 0 Å². The summed E-state index contributed by atoms with van der Waals surface area (Å²) < 4.78 is 4.15. The van der Waals surface area contributed by atoms with E-state index in [0.29, 0.717) is 6.54 Å². The summed E-state index contributed by atoms with van der Waals surface area (Å²) in [7, 11) is 0. The minimum Gasteiger partial charge on any atom is -0.298 e. The van der Waals surface area contributed by atoms with Crippen LogP contribution in [0, 0.1) is 17.8 Å². The first kappa shape index (κ1) is 16.2. The molecule has 0 radical (unpaired) electrons. The molecule has 1 N–H and O–H groups in total. The van der Waals surface area contributed by atoms with E-state index >= 15 is 0 Å². The average molecular weight is 388 g/mol. The maximum atomic E-state index is 4.60. The molecule has 1 aliphatic heterocycles. The smallest absolute Gasteiger partial charge is 0.173 e. The monoisotopic (exact) mass is 388 g/mol. The number of para-hydroxylation sites is 1. The zero-order chi connectivity index (χ0) is 19.0. The lowest BCUT2D eigenvalue weighted by Gasteiger charge is -2.56. The molecule has 4 aliphatic carbocycles. The van der Waals surface area contributed by atoms with Gasteiger partial charge >= 0.3 is 0 Å². The summed E-state index contributed by atoms with van der Waals surface area (Å²) in [6.45, 7) is 0.681. The first-order chi connectivity index (χ1) is 14.3. The molecule has 8 heteroatoms. The third kappa shape index (κ3) is 2.26. The van der Waals surface area contributed by atoms with E-state index in [1.807, 2.05) is 10.9 Å². The predicted molar refractivity (Wildman–Crippen MR) is 104 cm³/mol. The van der Waals surface area contributed by atoms with Crippen LogP contribution in [-0.4, -0.2) is 35.2 Å². The summed E-state index contributed by atoms with van der Waals surface area (Å²) in [5, 5.41) is 25.5. The summed E-state index contributed by atoms with van der Waals surface area (Å²) >= 11 is 0. The molecule has 0 saturated heterocycles. The molecule has 5 aliphatic rings. The Morgan fingerprint density at radius 2 is 1.72 bits per heavy atom. The van der Waals surface area contributed by atoms with Gasteiger partial charge in [-0.15, -0.1) is 10.2 Å².